The molecule has 4 fully saturated rings. The minimum Gasteiger partial charge on any atom is -0.462 e. The Kier molecular flexibility index (Phi) is 7.04. The van der Waals surface area contributed by atoms with Gasteiger partial charge in [0.15, 0.2) is 0 Å². The lowest BCUT2D eigenvalue weighted by atomic mass is 9.38. The number of hydrogen-bond acceptors (Lipinski definition) is 10. The summed E-state index contributed by atoms with van der Waals surface area (Å²) in [4.78, 5) is 50.8. The van der Waals surface area contributed by atoms with Crippen LogP contribution < -0.4 is 0 Å². The smallest absolute Gasteiger partial charge is 0.303 e. The number of carbonyl (C=O) groups excluding carboxylic acids is 4. The van der Waals surface area contributed by atoms with Gasteiger partial charge in [0.05, 0.1) is 18.1 Å². The Morgan fingerprint density at radius 2 is 1.51 bits per heavy atom. The summed E-state index contributed by atoms with van der Waals surface area (Å²) in [5.74, 6) is -3.84. The molecule has 0 heterocycles. The number of aliphatic hydroxyl groups is 2. The first kappa shape index (κ1) is 28.0. The standard InChI is InChI=1S/C27H40O10/c1-12(28)35-18-8-15-9-27(22(32)16(15)11-34-7)20(18)26(6)10-17(31)24(37-14(3)30)25(4,5)21(26)19(23(27)33)36-13(2)29/h15-21,23-24,31,33H,8-11H2,1-7H3/t15-,16-,17+,18+,19-,20+,21-,23+,24+,26+,27+/m1/s1. The van der Waals surface area contributed by atoms with Gasteiger partial charge in [0, 0.05) is 51.0 Å². The van der Waals surface area contributed by atoms with Crippen molar-refractivity contribution in [1.82, 2.24) is 0 Å². The van der Waals surface area contributed by atoms with Crippen molar-refractivity contribution in [3.63, 3.8) is 0 Å². The summed E-state index contributed by atoms with van der Waals surface area (Å²) in [6.45, 7) is 9.52. The van der Waals surface area contributed by atoms with Crippen molar-refractivity contribution >= 4 is 23.7 Å². The molecule has 4 rings (SSSR count). The number of esters is 3. The van der Waals surface area contributed by atoms with Crippen LogP contribution >= 0.6 is 0 Å². The van der Waals surface area contributed by atoms with Crippen molar-refractivity contribution in [3.8, 4) is 0 Å². The fraction of sp³-hybridized carbons (Fsp3) is 0.852. The van der Waals surface area contributed by atoms with Crippen LogP contribution in [0.15, 0.2) is 0 Å². The van der Waals surface area contributed by atoms with Crippen molar-refractivity contribution in [2.75, 3.05) is 13.7 Å². The molecule has 0 aromatic heterocycles. The Bertz CT molecular complexity index is 976. The molecule has 4 aliphatic carbocycles. The molecule has 208 valence electrons. The maximum Gasteiger partial charge on any atom is 0.303 e. The lowest BCUT2D eigenvalue weighted by molar-refractivity contribution is -0.298. The first-order valence-electron chi connectivity index (χ1n) is 13.0. The topological polar surface area (TPSA) is 146 Å². The highest BCUT2D eigenvalue weighted by molar-refractivity contribution is 5.92. The molecule has 2 N–H and O–H groups in total. The molecule has 0 amide bonds. The van der Waals surface area contributed by atoms with Crippen LogP contribution in [0, 0.1) is 39.9 Å². The molecule has 4 saturated carbocycles. The quantitative estimate of drug-likeness (QED) is 0.400. The minimum absolute atomic E-state index is 0.0978. The molecule has 10 nitrogen and oxygen atoms in total. The van der Waals surface area contributed by atoms with Crippen LogP contribution in [0.3, 0.4) is 0 Å². The highest BCUT2D eigenvalue weighted by Gasteiger charge is 2.78. The summed E-state index contributed by atoms with van der Waals surface area (Å²) in [5, 5.41) is 23.4. The molecule has 0 aromatic carbocycles. The summed E-state index contributed by atoms with van der Waals surface area (Å²) in [7, 11) is 1.51. The van der Waals surface area contributed by atoms with Crippen LogP contribution in [0.2, 0.25) is 0 Å². The number of ketones is 1. The Morgan fingerprint density at radius 1 is 0.919 bits per heavy atom. The van der Waals surface area contributed by atoms with E-state index in [1.807, 2.05) is 20.8 Å². The van der Waals surface area contributed by atoms with Gasteiger partial charge < -0.3 is 29.2 Å². The van der Waals surface area contributed by atoms with E-state index < -0.39 is 82.4 Å². The minimum atomic E-state index is -1.39. The number of aliphatic hydroxyl groups excluding tert-OH is 2. The highest BCUT2D eigenvalue weighted by atomic mass is 16.6. The predicted octanol–water partition coefficient (Wildman–Crippen LogP) is 1.43. The van der Waals surface area contributed by atoms with Gasteiger partial charge in [-0.25, -0.2) is 0 Å². The van der Waals surface area contributed by atoms with E-state index >= 15 is 0 Å². The number of carbonyl (C=O) groups is 4. The Balaban J connectivity index is 1.95. The van der Waals surface area contributed by atoms with E-state index in [1.165, 1.54) is 27.9 Å². The van der Waals surface area contributed by atoms with Crippen molar-refractivity contribution < 1.29 is 48.3 Å². The third-order valence-corrected chi connectivity index (χ3v) is 9.81. The first-order valence-corrected chi connectivity index (χ1v) is 13.0. The average Bonchev–Trinajstić information content (AvgIpc) is 2.96. The summed E-state index contributed by atoms with van der Waals surface area (Å²) in [5.41, 5.74) is -3.27. The van der Waals surface area contributed by atoms with Crippen LogP contribution in [0.5, 0.6) is 0 Å². The van der Waals surface area contributed by atoms with Gasteiger partial charge in [-0.05, 0) is 30.6 Å². The molecule has 0 aromatic rings. The van der Waals surface area contributed by atoms with E-state index in [4.69, 9.17) is 18.9 Å². The number of rotatable bonds is 5. The predicted molar refractivity (Wildman–Crippen MR) is 128 cm³/mol. The molecular formula is C27H40O10. The molecule has 0 unspecified atom stereocenters. The van der Waals surface area contributed by atoms with Crippen molar-refractivity contribution in [1.29, 1.82) is 0 Å². The normalized spacial score (nSPS) is 45.9. The van der Waals surface area contributed by atoms with Crippen LogP contribution in [0.1, 0.15) is 60.8 Å². The summed E-state index contributed by atoms with van der Waals surface area (Å²) < 4.78 is 22.6. The van der Waals surface area contributed by atoms with Gasteiger partial charge in [0.2, 0.25) is 0 Å². The second-order valence-electron chi connectivity index (χ2n) is 12.4. The second kappa shape index (κ2) is 9.31. The second-order valence-corrected chi connectivity index (χ2v) is 12.4. The van der Waals surface area contributed by atoms with E-state index in [9.17, 15) is 29.4 Å². The Labute approximate surface area is 217 Å². The van der Waals surface area contributed by atoms with Gasteiger partial charge in [0.25, 0.3) is 0 Å². The first-order chi connectivity index (χ1) is 17.1. The van der Waals surface area contributed by atoms with E-state index in [0.717, 1.165) is 0 Å². The van der Waals surface area contributed by atoms with Crippen LogP contribution in [0.4, 0.5) is 0 Å². The molecule has 10 heteroatoms. The zero-order valence-electron chi connectivity index (χ0n) is 22.7. The molecule has 0 saturated heterocycles. The molecule has 37 heavy (non-hydrogen) atoms. The molecule has 0 radical (unpaired) electrons. The van der Waals surface area contributed by atoms with E-state index in [1.54, 1.807) is 0 Å². The fourth-order valence-corrected chi connectivity index (χ4v) is 9.25. The van der Waals surface area contributed by atoms with Crippen molar-refractivity contribution in [2.24, 2.45) is 39.9 Å². The van der Waals surface area contributed by atoms with Crippen molar-refractivity contribution in [2.45, 2.75) is 91.3 Å². The SMILES string of the molecule is COC[C@H]1C(=O)[C@]23C[C@H]1C[C@H](OC(C)=O)[C@H]2[C@]1(C)C[C@H](O)[C@H](OC(C)=O)C(C)(C)[C@H]1[C@@H](OC(C)=O)[C@@H]3O. The van der Waals surface area contributed by atoms with Gasteiger partial charge >= 0.3 is 17.9 Å². The van der Waals surface area contributed by atoms with Crippen LogP contribution in [-0.2, 0) is 38.1 Å². The van der Waals surface area contributed by atoms with Crippen molar-refractivity contribution in [3.05, 3.63) is 0 Å². The van der Waals surface area contributed by atoms with Gasteiger partial charge in [0.1, 0.15) is 30.2 Å². The Morgan fingerprint density at radius 3 is 2.05 bits per heavy atom. The van der Waals surface area contributed by atoms with E-state index in [-0.39, 0.29) is 24.7 Å². The third-order valence-electron chi connectivity index (χ3n) is 9.81. The van der Waals surface area contributed by atoms with Crippen LogP contribution in [0.25, 0.3) is 0 Å². The summed E-state index contributed by atoms with van der Waals surface area (Å²) in [6, 6.07) is 0. The molecule has 2 bridgehead atoms. The summed E-state index contributed by atoms with van der Waals surface area (Å²) in [6.07, 6.45) is -4.37. The number of ether oxygens (including phenoxy) is 4. The van der Waals surface area contributed by atoms with Gasteiger partial charge in [-0.3, -0.25) is 19.2 Å². The third kappa shape index (κ3) is 4.01. The maximum atomic E-state index is 14.2. The van der Waals surface area contributed by atoms with Crippen LogP contribution in [-0.4, -0.2) is 78.1 Å². The lowest BCUT2D eigenvalue weighted by Gasteiger charge is -2.68. The summed E-state index contributed by atoms with van der Waals surface area (Å²) >= 11 is 0. The number of Topliss-reactive ketones (excluding diaryl/α,β-unsaturated/α-hetero) is 1. The molecule has 11 atom stereocenters. The van der Waals surface area contributed by atoms with E-state index in [2.05, 4.69) is 0 Å². The number of methoxy groups -OCH3 is 1. The van der Waals surface area contributed by atoms with E-state index in [0.29, 0.717) is 12.8 Å². The zero-order valence-corrected chi connectivity index (χ0v) is 22.7. The molecule has 1 spiro atoms. The lowest BCUT2D eigenvalue weighted by Crippen LogP contribution is -2.75. The monoisotopic (exact) mass is 524 g/mol. The van der Waals surface area contributed by atoms with Gasteiger partial charge in [-0.15, -0.1) is 0 Å². The molecule has 0 aliphatic heterocycles. The number of fused-ring (bicyclic) bond motifs is 3. The zero-order chi connectivity index (χ0) is 27.7. The maximum absolute atomic E-state index is 14.2. The highest BCUT2D eigenvalue weighted by Crippen LogP contribution is 2.72. The average molecular weight is 525 g/mol. The number of hydrogen-bond donors (Lipinski definition) is 2. The molecule has 4 aliphatic rings. The van der Waals surface area contributed by atoms with Gasteiger partial charge in [-0.1, -0.05) is 20.8 Å². The molecular weight excluding hydrogens is 484 g/mol. The fourth-order valence-electron chi connectivity index (χ4n) is 9.25. The Hall–Kier alpha value is -2.04. The van der Waals surface area contributed by atoms with Gasteiger partial charge in [-0.2, -0.15) is 0 Å². The largest absolute Gasteiger partial charge is 0.462 e.